The number of hydrogen-bond acceptors (Lipinski definition) is 3. The van der Waals surface area contributed by atoms with Crippen LogP contribution in [-0.2, 0) is 9.59 Å². The van der Waals surface area contributed by atoms with E-state index >= 15 is 0 Å². The Bertz CT molecular complexity index is 471. The van der Waals surface area contributed by atoms with Crippen LogP contribution in [0.4, 0.5) is 10.1 Å². The van der Waals surface area contributed by atoms with Gasteiger partial charge in [-0.1, -0.05) is 0 Å². The lowest BCUT2D eigenvalue weighted by atomic mass is 10.2. The van der Waals surface area contributed by atoms with Crippen molar-refractivity contribution < 1.29 is 19.1 Å². The first kappa shape index (κ1) is 13.5. The monoisotopic (exact) mass is 266 g/mol. The molecule has 0 heterocycles. The van der Waals surface area contributed by atoms with E-state index in [1.54, 1.807) is 0 Å². The lowest BCUT2D eigenvalue weighted by Gasteiger charge is -2.13. The number of carboxylic acid groups (broad SMARTS) is 1. The summed E-state index contributed by atoms with van der Waals surface area (Å²) in [4.78, 5) is 22.6. The van der Waals surface area contributed by atoms with E-state index in [4.69, 9.17) is 5.11 Å². The van der Waals surface area contributed by atoms with Crippen LogP contribution < -0.4 is 10.6 Å². The second kappa shape index (κ2) is 5.79. The Labute approximate surface area is 109 Å². The van der Waals surface area contributed by atoms with Crippen molar-refractivity contribution in [3.05, 3.63) is 30.1 Å². The van der Waals surface area contributed by atoms with E-state index < -0.39 is 12.0 Å². The van der Waals surface area contributed by atoms with Gasteiger partial charge in [0.25, 0.3) is 0 Å². The molecule has 0 saturated heterocycles. The van der Waals surface area contributed by atoms with Gasteiger partial charge in [0.15, 0.2) is 0 Å². The maximum absolute atomic E-state index is 12.7. The second-order valence-corrected chi connectivity index (χ2v) is 4.59. The molecule has 0 aliphatic heterocycles. The molecule has 6 heteroatoms. The molecule has 3 N–H and O–H groups in total. The third-order valence-electron chi connectivity index (χ3n) is 2.97. The van der Waals surface area contributed by atoms with Crippen LogP contribution in [0.25, 0.3) is 0 Å². The quantitative estimate of drug-likeness (QED) is 0.723. The molecule has 2 rings (SSSR count). The Hall–Kier alpha value is -1.95. The van der Waals surface area contributed by atoms with Crippen molar-refractivity contribution in [2.24, 2.45) is 5.92 Å². The van der Waals surface area contributed by atoms with Crippen LogP contribution in [0.3, 0.4) is 0 Å². The Morgan fingerprint density at radius 2 is 1.95 bits per heavy atom. The number of nitrogens with one attached hydrogen (secondary N) is 2. The molecule has 1 unspecified atom stereocenters. The number of carbonyl (C=O) groups excluding carboxylic acids is 1. The summed E-state index contributed by atoms with van der Waals surface area (Å²) in [6, 6.07) is 4.71. The molecule has 19 heavy (non-hydrogen) atoms. The number of halogens is 1. The van der Waals surface area contributed by atoms with Gasteiger partial charge in [-0.2, -0.15) is 0 Å². The number of aliphatic carboxylic acids is 1. The minimum Gasteiger partial charge on any atom is -0.480 e. The van der Waals surface area contributed by atoms with Gasteiger partial charge in [0, 0.05) is 5.69 Å². The summed E-state index contributed by atoms with van der Waals surface area (Å²) < 4.78 is 12.7. The van der Waals surface area contributed by atoms with Gasteiger partial charge in [0.05, 0.1) is 6.54 Å². The minimum atomic E-state index is -0.933. The number of amides is 1. The molecule has 1 aromatic rings. The third-order valence-corrected chi connectivity index (χ3v) is 2.97. The zero-order chi connectivity index (χ0) is 13.8. The molecule has 102 valence electrons. The number of benzene rings is 1. The first-order chi connectivity index (χ1) is 9.06. The second-order valence-electron chi connectivity index (χ2n) is 4.59. The summed E-state index contributed by atoms with van der Waals surface area (Å²) in [6.07, 6.45) is 1.76. The average Bonchev–Trinajstić information content (AvgIpc) is 3.16. The first-order valence-electron chi connectivity index (χ1n) is 6.08. The van der Waals surface area contributed by atoms with Crippen LogP contribution in [0.1, 0.15) is 12.8 Å². The summed E-state index contributed by atoms with van der Waals surface area (Å²) in [5.74, 6) is -1.54. The van der Waals surface area contributed by atoms with Gasteiger partial charge >= 0.3 is 5.97 Å². The molecule has 1 atom stereocenters. The average molecular weight is 266 g/mol. The first-order valence-corrected chi connectivity index (χ1v) is 6.08. The highest BCUT2D eigenvalue weighted by molar-refractivity contribution is 5.92. The van der Waals surface area contributed by atoms with E-state index in [0.29, 0.717) is 5.69 Å². The van der Waals surface area contributed by atoms with E-state index in [1.165, 1.54) is 24.3 Å². The molecule has 1 fully saturated rings. The molecule has 1 aliphatic carbocycles. The van der Waals surface area contributed by atoms with Crippen molar-refractivity contribution in [1.82, 2.24) is 5.32 Å². The summed E-state index contributed by atoms with van der Waals surface area (Å²) >= 11 is 0. The van der Waals surface area contributed by atoms with E-state index in [-0.39, 0.29) is 24.2 Å². The molecular weight excluding hydrogens is 251 g/mol. The largest absolute Gasteiger partial charge is 0.480 e. The highest BCUT2D eigenvalue weighted by Crippen LogP contribution is 2.32. The highest BCUT2D eigenvalue weighted by Gasteiger charge is 2.36. The molecule has 0 aromatic heterocycles. The van der Waals surface area contributed by atoms with Crippen LogP contribution in [0.2, 0.25) is 0 Å². The standard InChI is InChI=1S/C13H15FN2O3/c14-9-3-5-10(6-4-9)16-11(17)7-15-12(13(18)19)8-1-2-8/h3-6,8,12,15H,1-2,7H2,(H,16,17)(H,18,19). The van der Waals surface area contributed by atoms with Crippen molar-refractivity contribution in [3.63, 3.8) is 0 Å². The topological polar surface area (TPSA) is 78.4 Å². The van der Waals surface area contributed by atoms with Gasteiger partial charge < -0.3 is 10.4 Å². The predicted molar refractivity (Wildman–Crippen MR) is 67.2 cm³/mol. The van der Waals surface area contributed by atoms with Crippen molar-refractivity contribution in [2.45, 2.75) is 18.9 Å². The van der Waals surface area contributed by atoms with E-state index in [0.717, 1.165) is 12.8 Å². The molecule has 0 bridgehead atoms. The Morgan fingerprint density at radius 3 is 2.47 bits per heavy atom. The van der Waals surface area contributed by atoms with Crippen molar-refractivity contribution in [3.8, 4) is 0 Å². The molecule has 1 saturated carbocycles. The van der Waals surface area contributed by atoms with E-state index in [1.807, 2.05) is 0 Å². The van der Waals surface area contributed by atoms with E-state index in [2.05, 4.69) is 10.6 Å². The summed E-state index contributed by atoms with van der Waals surface area (Å²) in [7, 11) is 0. The zero-order valence-corrected chi connectivity index (χ0v) is 10.2. The fraction of sp³-hybridized carbons (Fsp3) is 0.385. The fourth-order valence-electron chi connectivity index (χ4n) is 1.83. The molecule has 1 amide bonds. The number of anilines is 1. The van der Waals surface area contributed by atoms with Crippen LogP contribution >= 0.6 is 0 Å². The number of carboxylic acids is 1. The van der Waals surface area contributed by atoms with Gasteiger partial charge in [-0.15, -0.1) is 0 Å². The highest BCUT2D eigenvalue weighted by atomic mass is 19.1. The third kappa shape index (κ3) is 4.03. The molecule has 1 aromatic carbocycles. The Balaban J connectivity index is 1.80. The summed E-state index contributed by atoms with van der Waals surface area (Å²) in [5, 5.41) is 14.3. The Morgan fingerprint density at radius 1 is 1.32 bits per heavy atom. The normalized spacial score (nSPS) is 15.8. The SMILES string of the molecule is O=C(CNC(C(=O)O)C1CC1)Nc1ccc(F)cc1. The molecule has 1 aliphatic rings. The molecule has 0 radical (unpaired) electrons. The minimum absolute atomic E-state index is 0.0785. The van der Waals surface area contributed by atoms with Crippen LogP contribution in [-0.4, -0.2) is 29.6 Å². The van der Waals surface area contributed by atoms with Gasteiger partial charge in [0.2, 0.25) is 5.91 Å². The smallest absolute Gasteiger partial charge is 0.320 e. The fourth-order valence-corrected chi connectivity index (χ4v) is 1.83. The molecule has 5 nitrogen and oxygen atoms in total. The molecular formula is C13H15FN2O3. The lowest BCUT2D eigenvalue weighted by Crippen LogP contribution is -2.42. The van der Waals surface area contributed by atoms with Crippen LogP contribution in [0.5, 0.6) is 0 Å². The predicted octanol–water partition coefficient (Wildman–Crippen LogP) is 1.22. The number of rotatable bonds is 6. The number of hydrogen-bond donors (Lipinski definition) is 3. The van der Waals surface area contributed by atoms with Crippen molar-refractivity contribution >= 4 is 17.6 Å². The van der Waals surface area contributed by atoms with Crippen LogP contribution in [0, 0.1) is 11.7 Å². The lowest BCUT2D eigenvalue weighted by molar-refractivity contribution is -0.140. The Kier molecular flexibility index (Phi) is 4.11. The number of carbonyl (C=O) groups is 2. The van der Waals surface area contributed by atoms with Crippen LogP contribution in [0.15, 0.2) is 24.3 Å². The zero-order valence-electron chi connectivity index (χ0n) is 10.2. The van der Waals surface area contributed by atoms with Crippen molar-refractivity contribution in [2.75, 3.05) is 11.9 Å². The van der Waals surface area contributed by atoms with Crippen molar-refractivity contribution in [1.29, 1.82) is 0 Å². The summed E-state index contributed by atoms with van der Waals surface area (Å²) in [5.41, 5.74) is 0.478. The van der Waals surface area contributed by atoms with Gasteiger partial charge in [-0.05, 0) is 43.0 Å². The van der Waals surface area contributed by atoms with Gasteiger partial charge in [-0.25, -0.2) is 4.39 Å². The molecule has 0 spiro atoms. The van der Waals surface area contributed by atoms with Gasteiger partial charge in [-0.3, -0.25) is 14.9 Å². The maximum atomic E-state index is 12.7. The van der Waals surface area contributed by atoms with Gasteiger partial charge in [0.1, 0.15) is 11.9 Å². The van der Waals surface area contributed by atoms with E-state index in [9.17, 15) is 14.0 Å². The maximum Gasteiger partial charge on any atom is 0.320 e. The summed E-state index contributed by atoms with van der Waals surface area (Å²) in [6.45, 7) is -0.0785.